The zero-order chi connectivity index (χ0) is 27.3. The first-order valence-electron chi connectivity index (χ1n) is 12.1. The maximum atomic E-state index is 13.5. The molecule has 1 amide bonds. The van der Waals surface area contributed by atoms with Gasteiger partial charge in [-0.2, -0.15) is 0 Å². The summed E-state index contributed by atoms with van der Waals surface area (Å²) in [6.45, 7) is 7.37. The van der Waals surface area contributed by atoms with Gasteiger partial charge in [0.05, 0.1) is 30.1 Å². The number of hydrogen-bond donors (Lipinski definition) is 1. The number of ether oxygens (including phenoxy) is 1. The Morgan fingerprint density at radius 1 is 1.11 bits per heavy atom. The monoisotopic (exact) mass is 530 g/mol. The number of ketones is 1. The van der Waals surface area contributed by atoms with Crippen LogP contribution in [0.25, 0.3) is 11.4 Å². The van der Waals surface area contributed by atoms with Crippen LogP contribution in [0.1, 0.15) is 56.4 Å². The number of aryl methyl sites for hydroxylation is 4. The van der Waals surface area contributed by atoms with Gasteiger partial charge in [-0.3, -0.25) is 14.5 Å². The number of hydrogen-bond acceptors (Lipinski definition) is 8. The molecule has 9 nitrogen and oxygen atoms in total. The van der Waals surface area contributed by atoms with Crippen molar-refractivity contribution in [2.24, 2.45) is 0 Å². The lowest BCUT2D eigenvalue weighted by molar-refractivity contribution is -0.132. The minimum atomic E-state index is -0.970. The van der Waals surface area contributed by atoms with Crippen LogP contribution in [0.2, 0.25) is 0 Å². The van der Waals surface area contributed by atoms with Crippen LogP contribution in [0.5, 0.6) is 0 Å². The number of aromatic nitrogens is 3. The highest BCUT2D eigenvalue weighted by atomic mass is 32.1. The number of methoxy groups -OCH3 is 1. The number of nitrogens with zero attached hydrogens (tertiary/aromatic N) is 4. The molecule has 1 aromatic carbocycles. The van der Waals surface area contributed by atoms with Gasteiger partial charge in [0.25, 0.3) is 5.78 Å². The molecule has 38 heavy (non-hydrogen) atoms. The zero-order valence-corrected chi connectivity index (χ0v) is 22.4. The van der Waals surface area contributed by atoms with Crippen molar-refractivity contribution in [1.29, 1.82) is 0 Å². The van der Waals surface area contributed by atoms with Crippen molar-refractivity contribution in [1.82, 2.24) is 14.4 Å². The van der Waals surface area contributed by atoms with Crippen molar-refractivity contribution in [2.75, 3.05) is 12.0 Å². The summed E-state index contributed by atoms with van der Waals surface area (Å²) < 4.78 is 6.68. The van der Waals surface area contributed by atoms with Gasteiger partial charge in [0.15, 0.2) is 10.9 Å². The van der Waals surface area contributed by atoms with Crippen LogP contribution < -0.4 is 4.90 Å². The fourth-order valence-corrected chi connectivity index (χ4v) is 5.73. The molecule has 0 bridgehead atoms. The summed E-state index contributed by atoms with van der Waals surface area (Å²) in [5.74, 6) is -2.65. The van der Waals surface area contributed by atoms with E-state index in [4.69, 9.17) is 4.74 Å². The fourth-order valence-electron chi connectivity index (χ4n) is 4.72. The second kappa shape index (κ2) is 9.53. The largest absolute Gasteiger partial charge is 0.505 e. The molecule has 1 saturated heterocycles. The van der Waals surface area contributed by atoms with Crippen molar-refractivity contribution < 1.29 is 24.2 Å². The van der Waals surface area contributed by atoms with Gasteiger partial charge in [0.1, 0.15) is 16.2 Å². The van der Waals surface area contributed by atoms with E-state index in [-0.39, 0.29) is 27.0 Å². The van der Waals surface area contributed by atoms with E-state index in [1.54, 1.807) is 13.8 Å². The summed E-state index contributed by atoms with van der Waals surface area (Å²) in [4.78, 5) is 49.8. The molecular weight excluding hydrogens is 504 g/mol. The molecular formula is C28H26N4O5S. The number of benzene rings is 1. The smallest absolute Gasteiger partial charge is 0.350 e. The van der Waals surface area contributed by atoms with Gasteiger partial charge in [0.2, 0.25) is 0 Å². The summed E-state index contributed by atoms with van der Waals surface area (Å²) in [5, 5.41) is 11.7. The predicted octanol–water partition coefficient (Wildman–Crippen LogP) is 4.69. The van der Waals surface area contributed by atoms with Crippen molar-refractivity contribution >= 4 is 45.5 Å². The Kier molecular flexibility index (Phi) is 6.36. The number of aliphatic hydroxyl groups excluding tert-OH is 1. The number of anilines is 1. The van der Waals surface area contributed by atoms with Gasteiger partial charge >= 0.3 is 11.9 Å². The Labute approximate surface area is 223 Å². The quantitative estimate of drug-likeness (QED) is 0.172. The maximum Gasteiger partial charge on any atom is 0.350 e. The molecule has 0 saturated carbocycles. The first kappa shape index (κ1) is 25.3. The van der Waals surface area contributed by atoms with E-state index in [0.29, 0.717) is 22.6 Å². The molecule has 0 aliphatic carbocycles. The number of rotatable bonds is 5. The molecule has 1 unspecified atom stereocenters. The number of amides is 1. The fraction of sp³-hybridized carbons (Fsp3) is 0.250. The maximum absolute atomic E-state index is 13.5. The number of Topliss-reactive ketones (excluding diaryl/α,β-unsaturated/α-hetero) is 1. The average molecular weight is 531 g/mol. The van der Waals surface area contributed by atoms with Crippen LogP contribution in [0, 0.1) is 20.8 Å². The first-order chi connectivity index (χ1) is 18.2. The van der Waals surface area contributed by atoms with Crippen molar-refractivity contribution in [3.8, 4) is 0 Å². The lowest BCUT2D eigenvalue weighted by atomic mass is 9.95. The van der Waals surface area contributed by atoms with Crippen LogP contribution >= 0.6 is 11.3 Å². The number of pyridine rings is 1. The third kappa shape index (κ3) is 3.88. The molecule has 5 rings (SSSR count). The van der Waals surface area contributed by atoms with Crippen molar-refractivity contribution in [2.45, 2.75) is 40.2 Å². The van der Waals surface area contributed by atoms with Crippen LogP contribution in [0.4, 0.5) is 5.13 Å². The second-order valence-electron chi connectivity index (χ2n) is 9.10. The molecule has 194 valence electrons. The highest BCUT2D eigenvalue weighted by Crippen LogP contribution is 2.44. The van der Waals surface area contributed by atoms with E-state index >= 15 is 0 Å². The third-order valence-electron chi connectivity index (χ3n) is 6.82. The lowest BCUT2D eigenvalue weighted by Crippen LogP contribution is -2.29. The number of carbonyl (C=O) groups is 3. The van der Waals surface area contributed by atoms with Gasteiger partial charge in [-0.15, -0.1) is 0 Å². The Bertz CT molecular complexity index is 1650. The summed E-state index contributed by atoms with van der Waals surface area (Å²) in [6.07, 6.45) is 2.64. The standard InChI is InChI=1S/C28H26N4O5S/c1-6-17-9-11-18(12-10-17)21-19(22(33)20-16(4)31-13-7-8-14(2)25(31)30-20)23(34)26(35)32(21)28-29-15(3)24(38-28)27(36)37-5/h7-13,21,33H,6H2,1-5H3. The average Bonchev–Trinajstić information content (AvgIpc) is 3.55. The molecule has 3 aromatic heterocycles. The first-order valence-corrected chi connectivity index (χ1v) is 12.9. The second-order valence-corrected chi connectivity index (χ2v) is 10.1. The Balaban J connectivity index is 1.75. The van der Waals surface area contributed by atoms with E-state index in [1.165, 1.54) is 12.0 Å². The highest BCUT2D eigenvalue weighted by molar-refractivity contribution is 7.17. The van der Waals surface area contributed by atoms with E-state index in [9.17, 15) is 19.5 Å². The van der Waals surface area contributed by atoms with E-state index in [2.05, 4.69) is 9.97 Å². The normalized spacial score (nSPS) is 17.0. The topological polar surface area (TPSA) is 114 Å². The van der Waals surface area contributed by atoms with Crippen LogP contribution in [0.3, 0.4) is 0 Å². The molecule has 10 heteroatoms. The number of carbonyl (C=O) groups excluding carboxylic acids is 3. The number of aliphatic hydroxyl groups is 1. The van der Waals surface area contributed by atoms with Gasteiger partial charge in [-0.1, -0.05) is 48.6 Å². The summed E-state index contributed by atoms with van der Waals surface area (Å²) >= 11 is 0.963. The predicted molar refractivity (Wildman–Crippen MR) is 143 cm³/mol. The van der Waals surface area contributed by atoms with Gasteiger partial charge in [-0.05, 0) is 49.9 Å². The molecule has 0 radical (unpaired) electrons. The Hall–Kier alpha value is -4.31. The SMILES string of the molecule is CCc1ccc(C2C(=C(O)c3nc4c(C)cccn4c3C)C(=O)C(=O)N2c2nc(C)c(C(=O)OC)s2)cc1. The number of imidazole rings is 1. The number of esters is 1. The van der Waals surface area contributed by atoms with Crippen LogP contribution in [-0.4, -0.2) is 44.2 Å². The van der Waals surface area contributed by atoms with Crippen LogP contribution in [0.15, 0.2) is 48.2 Å². The van der Waals surface area contributed by atoms with Gasteiger partial charge in [-0.25, -0.2) is 14.8 Å². The molecule has 1 N–H and O–H groups in total. The molecule has 0 spiro atoms. The van der Waals surface area contributed by atoms with Crippen LogP contribution in [-0.2, 0) is 20.7 Å². The summed E-state index contributed by atoms with van der Waals surface area (Å²) in [6, 6.07) is 10.3. The molecule has 1 aliphatic heterocycles. The van der Waals surface area contributed by atoms with E-state index < -0.39 is 23.7 Å². The molecule has 4 aromatic rings. The number of fused-ring (bicyclic) bond motifs is 1. The zero-order valence-electron chi connectivity index (χ0n) is 21.6. The Morgan fingerprint density at radius 2 is 1.82 bits per heavy atom. The molecule has 1 fully saturated rings. The summed E-state index contributed by atoms with van der Waals surface area (Å²) in [5.41, 5.74) is 4.38. The number of thiazole rings is 1. The van der Waals surface area contributed by atoms with Gasteiger partial charge < -0.3 is 14.2 Å². The Morgan fingerprint density at radius 3 is 2.45 bits per heavy atom. The summed E-state index contributed by atoms with van der Waals surface area (Å²) in [7, 11) is 1.27. The third-order valence-corrected chi connectivity index (χ3v) is 7.96. The molecule has 4 heterocycles. The lowest BCUT2D eigenvalue weighted by Gasteiger charge is -2.23. The van der Waals surface area contributed by atoms with Gasteiger partial charge in [0, 0.05) is 6.20 Å². The minimum absolute atomic E-state index is 0.0871. The molecule has 1 aliphatic rings. The highest BCUT2D eigenvalue weighted by Gasteiger charge is 2.49. The van der Waals surface area contributed by atoms with E-state index in [0.717, 1.165) is 28.9 Å². The van der Waals surface area contributed by atoms with Crippen molar-refractivity contribution in [3.63, 3.8) is 0 Å². The molecule has 1 atom stereocenters. The van der Waals surface area contributed by atoms with E-state index in [1.807, 2.05) is 60.8 Å². The minimum Gasteiger partial charge on any atom is -0.505 e. The van der Waals surface area contributed by atoms with Crippen molar-refractivity contribution in [3.05, 3.63) is 86.8 Å².